The van der Waals surface area contributed by atoms with Crippen molar-refractivity contribution in [2.45, 2.75) is 18.9 Å². The summed E-state index contributed by atoms with van der Waals surface area (Å²) in [7, 11) is 0. The van der Waals surface area contributed by atoms with Gasteiger partial charge in [0.2, 0.25) is 0 Å². The van der Waals surface area contributed by atoms with E-state index in [9.17, 15) is 15.0 Å². The second kappa shape index (κ2) is 4.02. The van der Waals surface area contributed by atoms with Gasteiger partial charge in [-0.1, -0.05) is 0 Å². The van der Waals surface area contributed by atoms with E-state index in [2.05, 4.69) is 5.32 Å². The summed E-state index contributed by atoms with van der Waals surface area (Å²) in [6.45, 7) is 0.855. The van der Waals surface area contributed by atoms with Gasteiger partial charge in [-0.2, -0.15) is 0 Å². The molecule has 86 valence electrons. The molecule has 1 fully saturated rings. The normalized spacial score (nSPS) is 19.9. The minimum atomic E-state index is -1.20. The van der Waals surface area contributed by atoms with Gasteiger partial charge >= 0.3 is 5.97 Å². The van der Waals surface area contributed by atoms with Crippen molar-refractivity contribution >= 4 is 5.97 Å². The molecule has 0 radical (unpaired) electrons. The van der Waals surface area contributed by atoms with Crippen LogP contribution in [0.3, 0.4) is 0 Å². The van der Waals surface area contributed by atoms with E-state index in [0.717, 1.165) is 25.5 Å². The maximum Gasteiger partial charge on any atom is 0.339 e. The molecule has 1 aromatic rings. The fraction of sp³-hybridized carbons (Fsp3) is 0.364. The van der Waals surface area contributed by atoms with Crippen molar-refractivity contribution in [3.63, 3.8) is 0 Å². The van der Waals surface area contributed by atoms with Crippen molar-refractivity contribution in [2.75, 3.05) is 6.54 Å². The molecule has 1 aliphatic rings. The zero-order chi connectivity index (χ0) is 11.7. The molecule has 1 unspecified atom stereocenters. The van der Waals surface area contributed by atoms with Crippen molar-refractivity contribution < 1.29 is 20.1 Å². The van der Waals surface area contributed by atoms with Crippen LogP contribution in [0.25, 0.3) is 0 Å². The molecule has 16 heavy (non-hydrogen) atoms. The van der Waals surface area contributed by atoms with Gasteiger partial charge in [-0.3, -0.25) is 0 Å². The first-order chi connectivity index (χ1) is 7.59. The van der Waals surface area contributed by atoms with Crippen molar-refractivity contribution in [1.29, 1.82) is 0 Å². The van der Waals surface area contributed by atoms with Gasteiger partial charge in [0, 0.05) is 17.7 Å². The van der Waals surface area contributed by atoms with E-state index in [1.165, 1.54) is 6.07 Å². The first kappa shape index (κ1) is 10.8. The van der Waals surface area contributed by atoms with Crippen LogP contribution in [0, 0.1) is 0 Å². The Morgan fingerprint density at radius 2 is 2.06 bits per heavy atom. The fourth-order valence-corrected chi connectivity index (χ4v) is 1.99. The number of phenols is 2. The molecule has 0 aromatic heterocycles. The Balaban J connectivity index is 2.44. The number of carboxylic acid groups (broad SMARTS) is 1. The summed E-state index contributed by atoms with van der Waals surface area (Å²) in [5.74, 6) is -1.68. The maximum absolute atomic E-state index is 10.8. The molecule has 4 N–H and O–H groups in total. The summed E-state index contributed by atoms with van der Waals surface area (Å²) in [5, 5.41) is 31.1. The summed E-state index contributed by atoms with van der Waals surface area (Å²) >= 11 is 0. The molecular weight excluding hydrogens is 210 g/mol. The molecule has 5 heteroatoms. The monoisotopic (exact) mass is 223 g/mol. The van der Waals surface area contributed by atoms with Gasteiger partial charge in [0.25, 0.3) is 0 Å². The molecular formula is C11H13NO4. The molecule has 2 rings (SSSR count). The van der Waals surface area contributed by atoms with E-state index in [1.807, 2.05) is 0 Å². The molecule has 0 saturated carbocycles. The molecule has 0 spiro atoms. The van der Waals surface area contributed by atoms with Gasteiger partial charge in [-0.25, -0.2) is 4.79 Å². The van der Waals surface area contributed by atoms with E-state index >= 15 is 0 Å². The lowest BCUT2D eigenvalue weighted by Gasteiger charge is -2.14. The Bertz CT molecular complexity index is 424. The maximum atomic E-state index is 10.8. The SMILES string of the molecule is O=C(O)c1cc(C2CCCN2)c(O)cc1O. The molecule has 0 bridgehead atoms. The van der Waals surface area contributed by atoms with Crippen LogP contribution in [0.4, 0.5) is 0 Å². The predicted molar refractivity (Wildman–Crippen MR) is 56.7 cm³/mol. The van der Waals surface area contributed by atoms with Crippen molar-refractivity contribution in [3.8, 4) is 11.5 Å². The molecule has 0 aliphatic carbocycles. The van der Waals surface area contributed by atoms with E-state index in [4.69, 9.17) is 5.11 Å². The molecule has 1 atom stereocenters. The number of nitrogens with one attached hydrogen (secondary N) is 1. The van der Waals surface area contributed by atoms with E-state index in [0.29, 0.717) is 5.56 Å². The average Bonchev–Trinajstić information content (AvgIpc) is 2.70. The minimum Gasteiger partial charge on any atom is -0.507 e. The second-order valence-electron chi connectivity index (χ2n) is 3.88. The highest BCUT2D eigenvalue weighted by atomic mass is 16.4. The number of aromatic hydroxyl groups is 2. The Morgan fingerprint density at radius 3 is 2.62 bits per heavy atom. The van der Waals surface area contributed by atoms with Gasteiger partial charge in [-0.15, -0.1) is 0 Å². The largest absolute Gasteiger partial charge is 0.507 e. The zero-order valence-corrected chi connectivity index (χ0v) is 8.60. The number of phenolic OH excluding ortho intramolecular Hbond substituents is 1. The summed E-state index contributed by atoms with van der Waals surface area (Å²) in [5.41, 5.74) is 0.356. The summed E-state index contributed by atoms with van der Waals surface area (Å²) in [6, 6.07) is 2.38. The average molecular weight is 223 g/mol. The van der Waals surface area contributed by atoms with Crippen molar-refractivity contribution in [3.05, 3.63) is 23.3 Å². The third kappa shape index (κ3) is 1.81. The Morgan fingerprint density at radius 1 is 1.31 bits per heavy atom. The van der Waals surface area contributed by atoms with Crippen LogP contribution in [0.2, 0.25) is 0 Å². The number of rotatable bonds is 2. The van der Waals surface area contributed by atoms with Crippen LogP contribution in [0.15, 0.2) is 12.1 Å². The van der Waals surface area contributed by atoms with Crippen LogP contribution in [0.1, 0.15) is 34.8 Å². The number of carboxylic acids is 1. The van der Waals surface area contributed by atoms with Crippen LogP contribution in [-0.4, -0.2) is 27.8 Å². The first-order valence-electron chi connectivity index (χ1n) is 5.12. The van der Waals surface area contributed by atoms with Gasteiger partial charge in [0.15, 0.2) is 0 Å². The van der Waals surface area contributed by atoms with Gasteiger partial charge in [-0.05, 0) is 25.5 Å². The molecule has 1 aliphatic heterocycles. The molecule has 1 aromatic carbocycles. The third-order valence-electron chi connectivity index (χ3n) is 2.81. The van der Waals surface area contributed by atoms with Crippen LogP contribution in [-0.2, 0) is 0 Å². The summed E-state index contributed by atoms with van der Waals surface area (Å²) in [4.78, 5) is 10.8. The van der Waals surface area contributed by atoms with E-state index in [1.54, 1.807) is 0 Å². The Labute approximate surface area is 92.3 Å². The molecule has 5 nitrogen and oxygen atoms in total. The molecule has 1 heterocycles. The number of hydrogen-bond donors (Lipinski definition) is 4. The van der Waals surface area contributed by atoms with Gasteiger partial charge < -0.3 is 20.6 Å². The summed E-state index contributed by atoms with van der Waals surface area (Å²) in [6.07, 6.45) is 1.85. The van der Waals surface area contributed by atoms with Crippen LogP contribution >= 0.6 is 0 Å². The highest BCUT2D eigenvalue weighted by Crippen LogP contribution is 2.34. The van der Waals surface area contributed by atoms with E-state index in [-0.39, 0.29) is 17.4 Å². The van der Waals surface area contributed by atoms with Crippen LogP contribution < -0.4 is 5.32 Å². The lowest BCUT2D eigenvalue weighted by molar-refractivity contribution is 0.0693. The summed E-state index contributed by atoms with van der Waals surface area (Å²) < 4.78 is 0. The topological polar surface area (TPSA) is 89.8 Å². The minimum absolute atomic E-state index is 0.0290. The Kier molecular flexibility index (Phi) is 2.70. The second-order valence-corrected chi connectivity index (χ2v) is 3.88. The number of hydrogen-bond acceptors (Lipinski definition) is 4. The van der Waals surface area contributed by atoms with Crippen molar-refractivity contribution in [2.24, 2.45) is 0 Å². The molecule has 0 amide bonds. The molecule has 1 saturated heterocycles. The number of carbonyl (C=O) groups is 1. The standard InChI is InChI=1S/C11H13NO4/c13-9-5-10(14)7(11(15)16)4-6(9)8-2-1-3-12-8/h4-5,8,12-14H,1-3H2,(H,15,16). The van der Waals surface area contributed by atoms with Crippen molar-refractivity contribution in [1.82, 2.24) is 5.32 Å². The number of benzene rings is 1. The lowest BCUT2D eigenvalue weighted by Crippen LogP contribution is -2.13. The van der Waals surface area contributed by atoms with Gasteiger partial charge in [0.1, 0.15) is 17.1 Å². The fourth-order valence-electron chi connectivity index (χ4n) is 1.99. The quantitative estimate of drug-likeness (QED) is 0.605. The Hall–Kier alpha value is -1.75. The van der Waals surface area contributed by atoms with E-state index < -0.39 is 11.7 Å². The third-order valence-corrected chi connectivity index (χ3v) is 2.81. The predicted octanol–water partition coefficient (Wildman–Crippen LogP) is 1.22. The highest BCUT2D eigenvalue weighted by Gasteiger charge is 2.22. The van der Waals surface area contributed by atoms with Gasteiger partial charge in [0.05, 0.1) is 0 Å². The smallest absolute Gasteiger partial charge is 0.339 e. The zero-order valence-electron chi connectivity index (χ0n) is 8.60. The first-order valence-corrected chi connectivity index (χ1v) is 5.12. The lowest BCUT2D eigenvalue weighted by atomic mass is 10.0. The van der Waals surface area contributed by atoms with Crippen LogP contribution in [0.5, 0.6) is 11.5 Å². The number of aromatic carboxylic acids is 1. The highest BCUT2D eigenvalue weighted by molar-refractivity contribution is 5.91.